The van der Waals surface area contributed by atoms with Crippen LogP contribution in [0.25, 0.3) is 0 Å². The Hall–Kier alpha value is -2.89. The summed E-state index contributed by atoms with van der Waals surface area (Å²) in [5, 5.41) is 12.0. The molecule has 1 N–H and O–H groups in total. The van der Waals surface area contributed by atoms with Crippen molar-refractivity contribution < 1.29 is 4.79 Å². The van der Waals surface area contributed by atoms with E-state index in [1.54, 1.807) is 0 Å². The van der Waals surface area contributed by atoms with Crippen LogP contribution in [0.15, 0.2) is 48.9 Å². The minimum atomic E-state index is 0.0603. The number of aromatic nitrogens is 4. The lowest BCUT2D eigenvalue weighted by Gasteiger charge is -2.24. The Kier molecular flexibility index (Phi) is 5.05. The summed E-state index contributed by atoms with van der Waals surface area (Å²) in [6.45, 7) is 3.38. The van der Waals surface area contributed by atoms with Crippen molar-refractivity contribution in [1.29, 1.82) is 0 Å². The molecule has 6 nitrogen and oxygen atoms in total. The molecule has 1 atom stereocenters. The first-order valence-corrected chi connectivity index (χ1v) is 9.56. The fourth-order valence-electron chi connectivity index (χ4n) is 3.73. The molecule has 2 heterocycles. The third-order valence-corrected chi connectivity index (χ3v) is 5.10. The van der Waals surface area contributed by atoms with Crippen LogP contribution in [0.1, 0.15) is 47.7 Å². The standard InChI is InChI=1S/C21H25N5O/c1-16-12-22-25(14-16)11-10-21(27)24-19-8-5-9-20-18(19)13-23-26(20)15-17-6-3-2-4-7-17/h2-4,6-7,12-14,19H,5,8-11,15H2,1H3,(H,24,27). The van der Waals surface area contributed by atoms with E-state index in [4.69, 9.17) is 0 Å². The van der Waals surface area contributed by atoms with Crippen LogP contribution in [0.4, 0.5) is 0 Å². The molecule has 1 aromatic carbocycles. The van der Waals surface area contributed by atoms with E-state index in [0.717, 1.165) is 31.4 Å². The highest BCUT2D eigenvalue weighted by Gasteiger charge is 2.25. The van der Waals surface area contributed by atoms with Crippen LogP contribution >= 0.6 is 0 Å². The van der Waals surface area contributed by atoms with Crippen LogP contribution in [0.2, 0.25) is 0 Å². The number of carbonyl (C=O) groups excluding carboxylic acids is 1. The molecule has 1 aliphatic rings. The van der Waals surface area contributed by atoms with Gasteiger partial charge in [0.05, 0.1) is 25.0 Å². The molecule has 0 bridgehead atoms. The monoisotopic (exact) mass is 363 g/mol. The molecule has 140 valence electrons. The van der Waals surface area contributed by atoms with Gasteiger partial charge in [-0.2, -0.15) is 10.2 Å². The molecular weight excluding hydrogens is 338 g/mol. The summed E-state index contributed by atoms with van der Waals surface area (Å²) in [5.41, 5.74) is 4.76. The zero-order valence-corrected chi connectivity index (χ0v) is 15.6. The van der Waals surface area contributed by atoms with Crippen LogP contribution in [-0.2, 0) is 24.3 Å². The minimum absolute atomic E-state index is 0.0603. The largest absolute Gasteiger partial charge is 0.349 e. The summed E-state index contributed by atoms with van der Waals surface area (Å²) in [7, 11) is 0. The average molecular weight is 363 g/mol. The number of aryl methyl sites for hydroxylation is 2. The average Bonchev–Trinajstić information content (AvgIpc) is 3.28. The summed E-state index contributed by atoms with van der Waals surface area (Å²) in [6.07, 6.45) is 9.19. The van der Waals surface area contributed by atoms with Crippen LogP contribution in [-0.4, -0.2) is 25.5 Å². The van der Waals surface area contributed by atoms with E-state index in [0.29, 0.717) is 13.0 Å². The number of rotatable bonds is 6. The summed E-state index contributed by atoms with van der Waals surface area (Å²) in [5.74, 6) is 0.0665. The number of hydrogen-bond donors (Lipinski definition) is 1. The van der Waals surface area contributed by atoms with Gasteiger partial charge in [0.1, 0.15) is 0 Å². The zero-order chi connectivity index (χ0) is 18.6. The SMILES string of the molecule is Cc1cnn(CCC(=O)NC2CCCc3c2cnn3Cc2ccccc2)c1. The molecule has 1 aliphatic carbocycles. The molecule has 4 rings (SSSR count). The van der Waals surface area contributed by atoms with Gasteiger partial charge in [-0.3, -0.25) is 14.2 Å². The molecule has 6 heteroatoms. The zero-order valence-electron chi connectivity index (χ0n) is 15.6. The van der Waals surface area contributed by atoms with Gasteiger partial charge in [-0.25, -0.2) is 0 Å². The lowest BCUT2D eigenvalue weighted by molar-refractivity contribution is -0.122. The van der Waals surface area contributed by atoms with E-state index in [1.807, 2.05) is 36.3 Å². The molecule has 0 radical (unpaired) electrons. The third-order valence-electron chi connectivity index (χ3n) is 5.10. The topological polar surface area (TPSA) is 64.7 Å². The van der Waals surface area contributed by atoms with Crippen molar-refractivity contribution >= 4 is 5.91 Å². The number of nitrogens with one attached hydrogen (secondary N) is 1. The van der Waals surface area contributed by atoms with Gasteiger partial charge in [0.15, 0.2) is 0 Å². The summed E-state index contributed by atoms with van der Waals surface area (Å²) in [4.78, 5) is 12.4. The quantitative estimate of drug-likeness (QED) is 0.732. The van der Waals surface area contributed by atoms with Gasteiger partial charge >= 0.3 is 0 Å². The first-order chi connectivity index (χ1) is 13.2. The van der Waals surface area contributed by atoms with Gasteiger partial charge in [-0.15, -0.1) is 0 Å². The molecule has 0 fully saturated rings. The second kappa shape index (κ2) is 7.78. The smallest absolute Gasteiger partial charge is 0.222 e. The maximum atomic E-state index is 12.4. The highest BCUT2D eigenvalue weighted by molar-refractivity contribution is 5.76. The molecule has 27 heavy (non-hydrogen) atoms. The lowest BCUT2D eigenvalue weighted by Crippen LogP contribution is -2.31. The van der Waals surface area contributed by atoms with Gasteiger partial charge in [0, 0.05) is 30.4 Å². The van der Waals surface area contributed by atoms with Crippen molar-refractivity contribution in [3.63, 3.8) is 0 Å². The second-order valence-corrected chi connectivity index (χ2v) is 7.23. The molecule has 1 unspecified atom stereocenters. The van der Waals surface area contributed by atoms with E-state index in [-0.39, 0.29) is 11.9 Å². The van der Waals surface area contributed by atoms with Crippen LogP contribution in [0.3, 0.4) is 0 Å². The molecule has 0 saturated heterocycles. The molecule has 1 amide bonds. The molecule has 0 aliphatic heterocycles. The molecule has 3 aromatic rings. The first kappa shape index (κ1) is 17.5. The van der Waals surface area contributed by atoms with E-state index < -0.39 is 0 Å². The van der Waals surface area contributed by atoms with Crippen LogP contribution < -0.4 is 5.32 Å². The van der Waals surface area contributed by atoms with Crippen molar-refractivity contribution in [1.82, 2.24) is 24.9 Å². The molecular formula is C21H25N5O. The number of fused-ring (bicyclic) bond motifs is 1. The van der Waals surface area contributed by atoms with E-state index in [2.05, 4.69) is 44.5 Å². The maximum absolute atomic E-state index is 12.4. The Balaban J connectivity index is 1.40. The number of hydrogen-bond acceptors (Lipinski definition) is 3. The van der Waals surface area contributed by atoms with E-state index in [1.165, 1.54) is 16.8 Å². The second-order valence-electron chi connectivity index (χ2n) is 7.23. The van der Waals surface area contributed by atoms with Gasteiger partial charge in [0.25, 0.3) is 0 Å². The maximum Gasteiger partial charge on any atom is 0.222 e. The third kappa shape index (κ3) is 4.10. The molecule has 0 spiro atoms. The molecule has 0 saturated carbocycles. The Morgan fingerprint density at radius 2 is 2.07 bits per heavy atom. The molecule has 2 aromatic heterocycles. The van der Waals surface area contributed by atoms with Crippen molar-refractivity contribution in [2.75, 3.05) is 0 Å². The predicted molar refractivity (Wildman–Crippen MR) is 103 cm³/mol. The number of carbonyl (C=O) groups is 1. The lowest BCUT2D eigenvalue weighted by atomic mass is 9.92. The summed E-state index contributed by atoms with van der Waals surface area (Å²) in [6, 6.07) is 10.4. The minimum Gasteiger partial charge on any atom is -0.349 e. The van der Waals surface area contributed by atoms with Crippen molar-refractivity contribution in [2.45, 2.75) is 51.7 Å². The number of amides is 1. The van der Waals surface area contributed by atoms with Gasteiger partial charge in [-0.05, 0) is 37.3 Å². The first-order valence-electron chi connectivity index (χ1n) is 9.56. The fourth-order valence-corrected chi connectivity index (χ4v) is 3.73. The normalized spacial score (nSPS) is 16.1. The van der Waals surface area contributed by atoms with Gasteiger partial charge in [-0.1, -0.05) is 30.3 Å². The van der Waals surface area contributed by atoms with Gasteiger partial charge < -0.3 is 5.32 Å². The van der Waals surface area contributed by atoms with Gasteiger partial charge in [0.2, 0.25) is 5.91 Å². The van der Waals surface area contributed by atoms with Crippen molar-refractivity contribution in [3.05, 3.63) is 71.3 Å². The van der Waals surface area contributed by atoms with Crippen LogP contribution in [0, 0.1) is 6.92 Å². The van der Waals surface area contributed by atoms with Crippen molar-refractivity contribution in [2.24, 2.45) is 0 Å². The van der Waals surface area contributed by atoms with E-state index in [9.17, 15) is 4.79 Å². The highest BCUT2D eigenvalue weighted by Crippen LogP contribution is 2.30. The summed E-state index contributed by atoms with van der Waals surface area (Å²) >= 11 is 0. The van der Waals surface area contributed by atoms with Crippen molar-refractivity contribution in [3.8, 4) is 0 Å². The summed E-state index contributed by atoms with van der Waals surface area (Å²) < 4.78 is 3.90. The van der Waals surface area contributed by atoms with E-state index >= 15 is 0 Å². The highest BCUT2D eigenvalue weighted by atomic mass is 16.1. The number of benzene rings is 1. The van der Waals surface area contributed by atoms with Crippen LogP contribution in [0.5, 0.6) is 0 Å². The predicted octanol–water partition coefficient (Wildman–Crippen LogP) is 3.02. The Morgan fingerprint density at radius 1 is 1.22 bits per heavy atom. The fraction of sp³-hybridized carbons (Fsp3) is 0.381. The number of nitrogens with zero attached hydrogens (tertiary/aromatic N) is 4. The Bertz CT molecular complexity index is 912. The Morgan fingerprint density at radius 3 is 2.85 bits per heavy atom. The Labute approximate surface area is 159 Å².